The Bertz CT molecular complexity index is 780. The number of nitrogen functional groups attached to an aromatic ring is 1. The second kappa shape index (κ2) is 11.5. The zero-order valence-corrected chi connectivity index (χ0v) is 16.1. The highest BCUT2D eigenvalue weighted by Crippen LogP contribution is 2.21. The van der Waals surface area contributed by atoms with Crippen LogP contribution in [0.3, 0.4) is 0 Å². The molecule has 0 aliphatic rings. The molecule has 0 fully saturated rings. The number of pyridine rings is 2. The number of urea groups is 1. The molecule has 0 bridgehead atoms. The van der Waals surface area contributed by atoms with Crippen molar-refractivity contribution in [1.82, 2.24) is 15.3 Å². The standard InChI is InChI=1S/C15H18N6O3.C3H8O/c1-24-14(17)13-10(16)6-12(20-11(13)8-22)21-15(23)19-7-9-4-2-3-5-18-9;1-3(2)4/h2-6,17,22H,7-8H2,1H3,(H4,16,19,20,21,23);3-4H,1-2H3. The van der Waals surface area contributed by atoms with Crippen LogP contribution >= 0.6 is 0 Å². The smallest absolute Gasteiger partial charge is 0.320 e. The van der Waals surface area contributed by atoms with Crippen LogP contribution in [0.25, 0.3) is 0 Å². The number of aliphatic hydroxyl groups excluding tert-OH is 2. The van der Waals surface area contributed by atoms with Gasteiger partial charge in [0.2, 0.25) is 5.90 Å². The maximum Gasteiger partial charge on any atom is 0.320 e. The second-order valence-electron chi connectivity index (χ2n) is 5.83. The number of amides is 2. The number of aromatic nitrogens is 2. The van der Waals surface area contributed by atoms with E-state index in [2.05, 4.69) is 20.6 Å². The quantitative estimate of drug-likeness (QED) is 0.330. The molecular weight excluding hydrogens is 364 g/mol. The summed E-state index contributed by atoms with van der Waals surface area (Å²) >= 11 is 0. The Balaban J connectivity index is 0.000000892. The number of nitrogens with zero attached hydrogens (tertiary/aromatic N) is 2. The van der Waals surface area contributed by atoms with Gasteiger partial charge in [-0.15, -0.1) is 0 Å². The van der Waals surface area contributed by atoms with Gasteiger partial charge in [0.15, 0.2) is 0 Å². The molecule has 2 rings (SSSR count). The molecule has 152 valence electrons. The van der Waals surface area contributed by atoms with Crippen molar-refractivity contribution in [2.75, 3.05) is 18.2 Å². The summed E-state index contributed by atoms with van der Waals surface area (Å²) in [5, 5.41) is 30.3. The topological polar surface area (TPSA) is 166 Å². The third-order valence-electron chi connectivity index (χ3n) is 3.10. The lowest BCUT2D eigenvalue weighted by Crippen LogP contribution is -2.29. The number of nitrogens with two attached hydrogens (primary N) is 1. The second-order valence-corrected chi connectivity index (χ2v) is 5.83. The molecule has 7 N–H and O–H groups in total. The number of anilines is 2. The third kappa shape index (κ3) is 7.56. The van der Waals surface area contributed by atoms with E-state index in [9.17, 15) is 9.90 Å². The number of aliphatic hydroxyl groups is 2. The number of carbonyl (C=O) groups excluding carboxylic acids is 1. The summed E-state index contributed by atoms with van der Waals surface area (Å²) in [5.74, 6) is -0.0575. The van der Waals surface area contributed by atoms with E-state index >= 15 is 0 Å². The molecule has 0 atom stereocenters. The third-order valence-corrected chi connectivity index (χ3v) is 3.10. The van der Waals surface area contributed by atoms with Gasteiger partial charge in [0.25, 0.3) is 0 Å². The SMILES string of the molecule is CC(C)O.COC(=N)c1c(N)cc(NC(=O)NCc2ccccn2)nc1CO. The molecule has 0 saturated carbocycles. The van der Waals surface area contributed by atoms with Crippen LogP contribution < -0.4 is 16.4 Å². The van der Waals surface area contributed by atoms with Crippen molar-refractivity contribution in [1.29, 1.82) is 5.41 Å². The molecule has 0 saturated heterocycles. The van der Waals surface area contributed by atoms with E-state index in [1.807, 2.05) is 6.07 Å². The number of hydrogen-bond donors (Lipinski definition) is 6. The molecule has 10 nitrogen and oxygen atoms in total. The molecule has 2 amide bonds. The Labute approximate surface area is 163 Å². The molecule has 28 heavy (non-hydrogen) atoms. The molecule has 2 aromatic rings. The first kappa shape index (κ1) is 22.8. The van der Waals surface area contributed by atoms with Gasteiger partial charge in [0, 0.05) is 24.1 Å². The molecule has 0 radical (unpaired) electrons. The summed E-state index contributed by atoms with van der Waals surface area (Å²) in [6, 6.07) is 6.28. The highest BCUT2D eigenvalue weighted by atomic mass is 16.5. The first-order chi connectivity index (χ1) is 13.3. The summed E-state index contributed by atoms with van der Waals surface area (Å²) in [6.45, 7) is 3.25. The molecule has 2 heterocycles. The average Bonchev–Trinajstić information content (AvgIpc) is 2.65. The van der Waals surface area contributed by atoms with Gasteiger partial charge < -0.3 is 26.0 Å². The largest absolute Gasteiger partial charge is 0.481 e. The summed E-state index contributed by atoms with van der Waals surface area (Å²) in [4.78, 5) is 20.1. The fourth-order valence-corrected chi connectivity index (χ4v) is 2.00. The number of rotatable bonds is 5. The molecule has 10 heteroatoms. The first-order valence-corrected chi connectivity index (χ1v) is 8.44. The van der Waals surface area contributed by atoms with Crippen LogP contribution in [0.15, 0.2) is 30.5 Å². The predicted octanol–water partition coefficient (Wildman–Crippen LogP) is 1.23. The lowest BCUT2D eigenvalue weighted by atomic mass is 10.1. The van der Waals surface area contributed by atoms with Gasteiger partial charge in [-0.2, -0.15) is 0 Å². The highest BCUT2D eigenvalue weighted by Gasteiger charge is 2.16. The average molecular weight is 390 g/mol. The molecule has 0 aliphatic carbocycles. The van der Waals surface area contributed by atoms with Gasteiger partial charge in [-0.1, -0.05) is 6.07 Å². The van der Waals surface area contributed by atoms with Crippen molar-refractivity contribution in [3.8, 4) is 0 Å². The zero-order chi connectivity index (χ0) is 21.1. The van der Waals surface area contributed by atoms with Crippen molar-refractivity contribution < 1.29 is 19.7 Å². The lowest BCUT2D eigenvalue weighted by molar-refractivity contribution is 0.216. The van der Waals surface area contributed by atoms with E-state index in [1.54, 1.807) is 32.2 Å². The van der Waals surface area contributed by atoms with E-state index in [-0.39, 0.29) is 41.3 Å². The van der Waals surface area contributed by atoms with Crippen LogP contribution in [0, 0.1) is 5.41 Å². The Hall–Kier alpha value is -3.24. The normalized spacial score (nSPS) is 9.93. The van der Waals surface area contributed by atoms with Crippen molar-refractivity contribution >= 4 is 23.4 Å². The van der Waals surface area contributed by atoms with Crippen molar-refractivity contribution in [3.63, 3.8) is 0 Å². The Kier molecular flexibility index (Phi) is 9.34. The maximum atomic E-state index is 11.9. The molecule has 0 aromatic carbocycles. The minimum atomic E-state index is -0.494. The lowest BCUT2D eigenvalue weighted by Gasteiger charge is -2.13. The monoisotopic (exact) mass is 390 g/mol. The van der Waals surface area contributed by atoms with Crippen LogP contribution in [0.5, 0.6) is 0 Å². The van der Waals surface area contributed by atoms with E-state index in [0.717, 1.165) is 0 Å². The van der Waals surface area contributed by atoms with Crippen LogP contribution in [-0.2, 0) is 17.9 Å². The molecular formula is C18H26N6O4. The van der Waals surface area contributed by atoms with E-state index < -0.39 is 12.6 Å². The molecule has 2 aromatic heterocycles. The first-order valence-electron chi connectivity index (χ1n) is 8.44. The van der Waals surface area contributed by atoms with Gasteiger partial charge in [0.05, 0.1) is 37.2 Å². The highest BCUT2D eigenvalue weighted by molar-refractivity contribution is 5.99. The summed E-state index contributed by atoms with van der Waals surface area (Å²) in [7, 11) is 1.32. The Morgan fingerprint density at radius 3 is 2.61 bits per heavy atom. The number of nitrogens with one attached hydrogen (secondary N) is 3. The van der Waals surface area contributed by atoms with Gasteiger partial charge in [0.1, 0.15) is 5.82 Å². The Morgan fingerprint density at radius 2 is 2.07 bits per heavy atom. The summed E-state index contributed by atoms with van der Waals surface area (Å²) in [6.07, 6.45) is 1.47. The van der Waals surface area contributed by atoms with Crippen LogP contribution in [0.2, 0.25) is 0 Å². The number of carbonyl (C=O) groups is 1. The summed E-state index contributed by atoms with van der Waals surface area (Å²) < 4.78 is 4.81. The van der Waals surface area contributed by atoms with Gasteiger partial charge in [-0.25, -0.2) is 9.78 Å². The number of ether oxygens (including phenoxy) is 1. The Morgan fingerprint density at radius 1 is 1.39 bits per heavy atom. The van der Waals surface area contributed by atoms with Crippen molar-refractivity contribution in [2.24, 2.45) is 0 Å². The van der Waals surface area contributed by atoms with E-state index in [0.29, 0.717) is 5.69 Å². The van der Waals surface area contributed by atoms with Crippen molar-refractivity contribution in [2.45, 2.75) is 33.1 Å². The molecule has 0 unspecified atom stereocenters. The molecule has 0 spiro atoms. The molecule has 0 aliphatic heterocycles. The van der Waals surface area contributed by atoms with Gasteiger partial charge in [-0.05, 0) is 26.0 Å². The van der Waals surface area contributed by atoms with E-state index in [1.165, 1.54) is 13.2 Å². The minimum Gasteiger partial charge on any atom is -0.481 e. The van der Waals surface area contributed by atoms with Crippen LogP contribution in [0.1, 0.15) is 30.8 Å². The van der Waals surface area contributed by atoms with Crippen molar-refractivity contribution in [3.05, 3.63) is 47.4 Å². The van der Waals surface area contributed by atoms with Crippen LogP contribution in [-0.4, -0.2) is 45.3 Å². The number of methoxy groups -OCH3 is 1. The fourth-order valence-electron chi connectivity index (χ4n) is 2.00. The van der Waals surface area contributed by atoms with Crippen LogP contribution in [0.4, 0.5) is 16.3 Å². The minimum absolute atomic E-state index is 0.141. The number of hydrogen-bond acceptors (Lipinski definition) is 8. The van der Waals surface area contributed by atoms with Gasteiger partial charge >= 0.3 is 6.03 Å². The zero-order valence-electron chi connectivity index (χ0n) is 16.1. The fraction of sp³-hybridized carbons (Fsp3) is 0.333. The van der Waals surface area contributed by atoms with E-state index in [4.69, 9.17) is 21.0 Å². The summed E-state index contributed by atoms with van der Waals surface area (Å²) in [5.41, 5.74) is 7.07. The predicted molar refractivity (Wildman–Crippen MR) is 106 cm³/mol. The maximum absolute atomic E-state index is 11.9. The van der Waals surface area contributed by atoms with Gasteiger partial charge in [-0.3, -0.25) is 15.7 Å².